The Hall–Kier alpha value is -2.42. The van der Waals surface area contributed by atoms with Crippen LogP contribution in [0.4, 0.5) is 4.79 Å². The van der Waals surface area contributed by atoms with Crippen molar-refractivity contribution in [1.29, 1.82) is 0 Å². The Morgan fingerprint density at radius 1 is 1.19 bits per heavy atom. The lowest BCUT2D eigenvalue weighted by molar-refractivity contribution is -0.123. The fourth-order valence-corrected chi connectivity index (χ4v) is 4.39. The lowest BCUT2D eigenvalue weighted by Crippen LogP contribution is -2.32. The maximum Gasteiger partial charge on any atom is 0.293 e. The van der Waals surface area contributed by atoms with E-state index in [2.05, 4.69) is 22.5 Å². The molecule has 2 aromatic carbocycles. The summed E-state index contributed by atoms with van der Waals surface area (Å²) in [4.78, 5) is 26.5. The molecule has 1 heterocycles. The van der Waals surface area contributed by atoms with E-state index in [0.29, 0.717) is 43.8 Å². The number of rotatable bonds is 9. The van der Waals surface area contributed by atoms with Crippen LogP contribution in [-0.2, 0) is 4.79 Å². The van der Waals surface area contributed by atoms with E-state index in [1.54, 1.807) is 48.6 Å². The molecule has 2 aromatic rings. The normalized spacial score (nSPS) is 14.8. The monoisotopic (exact) mass is 523 g/mol. The summed E-state index contributed by atoms with van der Waals surface area (Å²) in [7, 11) is 1.53. The van der Waals surface area contributed by atoms with Gasteiger partial charge in [0, 0.05) is 0 Å². The zero-order valence-electron chi connectivity index (χ0n) is 16.6. The van der Waals surface area contributed by atoms with Crippen molar-refractivity contribution in [3.8, 4) is 17.2 Å². The van der Waals surface area contributed by atoms with Crippen molar-refractivity contribution < 1.29 is 23.8 Å². The van der Waals surface area contributed by atoms with E-state index in [9.17, 15) is 9.59 Å². The van der Waals surface area contributed by atoms with Crippen molar-refractivity contribution in [2.45, 2.75) is 0 Å². The van der Waals surface area contributed by atoms with Gasteiger partial charge in [0.15, 0.2) is 11.5 Å². The molecule has 31 heavy (non-hydrogen) atoms. The molecule has 0 N–H and O–H groups in total. The minimum atomic E-state index is -0.375. The quantitative estimate of drug-likeness (QED) is 0.305. The van der Waals surface area contributed by atoms with Crippen molar-refractivity contribution >= 4 is 56.5 Å². The maximum absolute atomic E-state index is 12.7. The molecule has 2 amide bonds. The molecule has 0 unspecified atom stereocenters. The number of nitrogens with zero attached hydrogens (tertiary/aromatic N) is 1. The highest BCUT2D eigenvalue weighted by atomic mass is 79.9. The number of thioether (sulfide) groups is 1. The first-order chi connectivity index (χ1) is 14.9. The topological polar surface area (TPSA) is 65.1 Å². The number of amides is 2. The second-order valence-corrected chi connectivity index (χ2v) is 8.50. The second kappa shape index (κ2) is 10.7. The van der Waals surface area contributed by atoms with Crippen molar-refractivity contribution in [3.05, 3.63) is 69.0 Å². The molecule has 9 heteroatoms. The van der Waals surface area contributed by atoms with Gasteiger partial charge in [-0.1, -0.05) is 36.4 Å². The molecule has 6 nitrogen and oxygen atoms in total. The number of para-hydroxylation sites is 1. The molecule has 1 fully saturated rings. The molecule has 162 valence electrons. The molecule has 1 aliphatic heterocycles. The third-order valence-electron chi connectivity index (χ3n) is 4.18. The molecule has 0 radical (unpaired) electrons. The number of carbonyl (C=O) groups excluding carboxylic acids is 2. The van der Waals surface area contributed by atoms with Crippen LogP contribution in [0.5, 0.6) is 17.2 Å². The lowest BCUT2D eigenvalue weighted by Gasteiger charge is -2.14. The molecule has 3 rings (SSSR count). The summed E-state index contributed by atoms with van der Waals surface area (Å²) in [6, 6.07) is 10.5. The first kappa shape index (κ1) is 23.2. The number of carbonyl (C=O) groups is 2. The number of imide groups is 1. The van der Waals surface area contributed by atoms with Gasteiger partial charge in [-0.3, -0.25) is 14.5 Å². The van der Waals surface area contributed by atoms with Gasteiger partial charge in [-0.2, -0.15) is 0 Å². The molecular formula is C22H19BrClNO5S. The molecule has 0 spiro atoms. The Morgan fingerprint density at radius 3 is 2.68 bits per heavy atom. The highest BCUT2D eigenvalue weighted by Gasteiger charge is 2.35. The SMILES string of the molecule is C=CCOc1c(Br)cc(/C=C2\SC(=O)N(CCOc3ccccc3Cl)C2=O)cc1OC. The molecule has 0 aromatic heterocycles. The predicted molar refractivity (Wildman–Crippen MR) is 126 cm³/mol. The first-order valence-corrected chi connectivity index (χ1v) is 11.2. The summed E-state index contributed by atoms with van der Waals surface area (Å²) in [5.41, 5.74) is 0.687. The van der Waals surface area contributed by atoms with Gasteiger partial charge in [0.1, 0.15) is 19.0 Å². The maximum atomic E-state index is 12.7. The molecule has 0 bridgehead atoms. The van der Waals surface area contributed by atoms with Crippen LogP contribution in [0.15, 0.2) is 58.4 Å². The van der Waals surface area contributed by atoms with Crippen molar-refractivity contribution in [3.63, 3.8) is 0 Å². The van der Waals surface area contributed by atoms with Crippen LogP contribution >= 0.6 is 39.3 Å². The minimum Gasteiger partial charge on any atom is -0.493 e. The standard InChI is InChI=1S/C22H19BrClNO5S/c1-3-9-30-20-15(23)11-14(12-18(20)28-2)13-19-21(26)25(22(27)31-19)8-10-29-17-7-5-4-6-16(17)24/h3-7,11-13H,1,8-10H2,2H3/b19-13-. The Kier molecular flexibility index (Phi) is 8.06. The number of hydrogen-bond acceptors (Lipinski definition) is 6. The fourth-order valence-electron chi connectivity index (χ4n) is 2.76. The van der Waals surface area contributed by atoms with Crippen LogP contribution in [0.2, 0.25) is 5.02 Å². The lowest BCUT2D eigenvalue weighted by atomic mass is 10.2. The van der Waals surface area contributed by atoms with Crippen LogP contribution in [0.3, 0.4) is 0 Å². The zero-order chi connectivity index (χ0) is 22.4. The minimum absolute atomic E-state index is 0.120. The first-order valence-electron chi connectivity index (χ1n) is 9.18. The molecule has 0 aliphatic carbocycles. The molecule has 1 saturated heterocycles. The fraction of sp³-hybridized carbons (Fsp3) is 0.182. The largest absolute Gasteiger partial charge is 0.493 e. The van der Waals surface area contributed by atoms with Gasteiger partial charge in [-0.25, -0.2) is 0 Å². The van der Waals surface area contributed by atoms with E-state index >= 15 is 0 Å². The van der Waals surface area contributed by atoms with Gasteiger partial charge in [-0.15, -0.1) is 0 Å². The third-order valence-corrected chi connectivity index (χ3v) is 5.99. The van der Waals surface area contributed by atoms with E-state index in [-0.39, 0.29) is 24.3 Å². The van der Waals surface area contributed by atoms with Gasteiger partial charge < -0.3 is 14.2 Å². The Bertz CT molecular complexity index is 1040. The smallest absolute Gasteiger partial charge is 0.293 e. The van der Waals surface area contributed by atoms with Gasteiger partial charge in [0.2, 0.25) is 0 Å². The van der Waals surface area contributed by atoms with Crippen LogP contribution in [0.1, 0.15) is 5.56 Å². The Morgan fingerprint density at radius 2 is 1.97 bits per heavy atom. The van der Waals surface area contributed by atoms with Crippen LogP contribution in [0, 0.1) is 0 Å². The van der Waals surface area contributed by atoms with Gasteiger partial charge in [-0.05, 0) is 63.6 Å². The molecule has 1 aliphatic rings. The highest BCUT2D eigenvalue weighted by Crippen LogP contribution is 2.39. The number of halogens is 2. The average Bonchev–Trinajstić information content (AvgIpc) is 3.01. The molecule has 0 atom stereocenters. The van der Waals surface area contributed by atoms with Gasteiger partial charge in [0.25, 0.3) is 11.1 Å². The zero-order valence-corrected chi connectivity index (χ0v) is 19.8. The van der Waals surface area contributed by atoms with Crippen LogP contribution in [-0.4, -0.2) is 42.9 Å². The second-order valence-electron chi connectivity index (χ2n) is 6.25. The third kappa shape index (κ3) is 5.64. The van der Waals surface area contributed by atoms with Gasteiger partial charge in [0.05, 0.1) is 28.1 Å². The van der Waals surface area contributed by atoms with E-state index in [1.165, 1.54) is 7.11 Å². The molecular weight excluding hydrogens is 506 g/mol. The summed E-state index contributed by atoms with van der Waals surface area (Å²) in [5, 5.41) is 0.118. The Labute approximate surface area is 197 Å². The highest BCUT2D eigenvalue weighted by molar-refractivity contribution is 9.10. The van der Waals surface area contributed by atoms with E-state index < -0.39 is 0 Å². The number of methoxy groups -OCH3 is 1. The summed E-state index contributed by atoms with van der Waals surface area (Å²) in [5.74, 6) is 1.15. The molecule has 0 saturated carbocycles. The average molecular weight is 525 g/mol. The predicted octanol–water partition coefficient (Wildman–Crippen LogP) is 5.79. The number of benzene rings is 2. The summed E-state index contributed by atoms with van der Waals surface area (Å²) >= 11 is 10.4. The number of ether oxygens (including phenoxy) is 3. The number of hydrogen-bond donors (Lipinski definition) is 0. The van der Waals surface area contributed by atoms with E-state index in [0.717, 1.165) is 16.7 Å². The van der Waals surface area contributed by atoms with Gasteiger partial charge >= 0.3 is 0 Å². The summed E-state index contributed by atoms with van der Waals surface area (Å²) in [6.07, 6.45) is 3.27. The van der Waals surface area contributed by atoms with Crippen molar-refractivity contribution in [2.75, 3.05) is 26.9 Å². The van der Waals surface area contributed by atoms with E-state index in [1.807, 2.05) is 0 Å². The van der Waals surface area contributed by atoms with Crippen LogP contribution in [0.25, 0.3) is 6.08 Å². The van der Waals surface area contributed by atoms with Crippen molar-refractivity contribution in [1.82, 2.24) is 4.90 Å². The van der Waals surface area contributed by atoms with Crippen molar-refractivity contribution in [2.24, 2.45) is 0 Å². The Balaban J connectivity index is 1.71. The van der Waals surface area contributed by atoms with E-state index in [4.69, 9.17) is 25.8 Å². The summed E-state index contributed by atoms with van der Waals surface area (Å²) in [6.45, 7) is 4.21. The van der Waals surface area contributed by atoms with Crippen LogP contribution < -0.4 is 14.2 Å². The summed E-state index contributed by atoms with van der Waals surface area (Å²) < 4.78 is 17.2.